The maximum absolute atomic E-state index is 6.25. The van der Waals surface area contributed by atoms with Crippen LogP contribution in [0.1, 0.15) is 5.56 Å². The number of fused-ring (bicyclic) bond motifs is 1. The highest BCUT2D eigenvalue weighted by Crippen LogP contribution is 2.35. The third-order valence-electron chi connectivity index (χ3n) is 3.03. The van der Waals surface area contributed by atoms with E-state index in [1.54, 1.807) is 29.0 Å². The predicted molar refractivity (Wildman–Crippen MR) is 93.4 cm³/mol. The molecular weight excluding hydrogens is 370 g/mol. The second-order valence-electron chi connectivity index (χ2n) is 4.30. The van der Waals surface area contributed by atoms with Crippen LogP contribution in [0.2, 0.25) is 20.1 Å². The van der Waals surface area contributed by atoms with Crippen molar-refractivity contribution in [2.24, 2.45) is 0 Å². The Morgan fingerprint density at radius 2 is 1.67 bits per heavy atom. The monoisotopic (exact) mass is 376 g/mol. The fraction of sp³-hybridized carbons (Fsp3) is 0.0714. The molecule has 3 aromatic rings. The van der Waals surface area contributed by atoms with E-state index >= 15 is 0 Å². The zero-order valence-electron chi connectivity index (χ0n) is 10.5. The van der Waals surface area contributed by atoms with Gasteiger partial charge in [0.05, 0.1) is 31.0 Å². The first-order valence-electron chi connectivity index (χ1n) is 5.96. The van der Waals surface area contributed by atoms with Gasteiger partial charge in [-0.1, -0.05) is 46.4 Å². The minimum absolute atomic E-state index is 0.411. The number of halogens is 4. The quantitative estimate of drug-likeness (QED) is 0.525. The number of benzene rings is 2. The van der Waals surface area contributed by atoms with Crippen LogP contribution in [0.25, 0.3) is 10.2 Å². The molecule has 3 rings (SSSR count). The van der Waals surface area contributed by atoms with Gasteiger partial charge in [-0.25, -0.2) is 4.98 Å². The van der Waals surface area contributed by atoms with Gasteiger partial charge >= 0.3 is 0 Å². The molecule has 108 valence electrons. The first-order chi connectivity index (χ1) is 10.1. The summed E-state index contributed by atoms with van der Waals surface area (Å²) in [6.45, 7) is 0.411. The summed E-state index contributed by atoms with van der Waals surface area (Å²) in [5.41, 5.74) is 4.12. The largest absolute Gasteiger partial charge is 0.378 e. The van der Waals surface area contributed by atoms with Gasteiger partial charge in [0.1, 0.15) is 5.52 Å². The molecule has 2 nitrogen and oxygen atoms in total. The SMILES string of the molecule is Clc1ccc(Cl)c(CNc2c(Cl)ccc3scnc23)c1Cl. The van der Waals surface area contributed by atoms with Crippen LogP contribution in [0.5, 0.6) is 0 Å². The lowest BCUT2D eigenvalue weighted by atomic mass is 10.2. The number of aromatic nitrogens is 1. The van der Waals surface area contributed by atoms with E-state index in [2.05, 4.69) is 10.3 Å². The zero-order valence-corrected chi connectivity index (χ0v) is 14.3. The smallest absolute Gasteiger partial charge is 0.106 e. The molecule has 0 spiro atoms. The van der Waals surface area contributed by atoms with E-state index in [1.807, 2.05) is 12.1 Å². The zero-order chi connectivity index (χ0) is 15.0. The number of hydrogen-bond acceptors (Lipinski definition) is 3. The molecule has 0 aliphatic rings. The average Bonchev–Trinajstić information content (AvgIpc) is 2.93. The van der Waals surface area contributed by atoms with Gasteiger partial charge in [0.15, 0.2) is 0 Å². The Labute approximate surface area is 145 Å². The number of nitrogens with zero attached hydrogens (tertiary/aromatic N) is 1. The van der Waals surface area contributed by atoms with Gasteiger partial charge in [-0.3, -0.25) is 0 Å². The molecule has 21 heavy (non-hydrogen) atoms. The lowest BCUT2D eigenvalue weighted by molar-refractivity contribution is 1.15. The first-order valence-corrected chi connectivity index (χ1v) is 8.35. The van der Waals surface area contributed by atoms with E-state index in [4.69, 9.17) is 46.4 Å². The van der Waals surface area contributed by atoms with Gasteiger partial charge in [0, 0.05) is 17.1 Å². The topological polar surface area (TPSA) is 24.9 Å². The Balaban J connectivity index is 1.96. The molecule has 0 aliphatic heterocycles. The Bertz CT molecular complexity index is 816. The summed E-state index contributed by atoms with van der Waals surface area (Å²) in [7, 11) is 0. The molecule has 1 N–H and O–H groups in total. The number of hydrogen-bond donors (Lipinski definition) is 1. The van der Waals surface area contributed by atoms with Crippen LogP contribution in [-0.2, 0) is 6.54 Å². The molecule has 0 aliphatic carbocycles. The van der Waals surface area contributed by atoms with Crippen LogP contribution in [-0.4, -0.2) is 4.98 Å². The van der Waals surface area contributed by atoms with Gasteiger partial charge in [-0.2, -0.15) is 0 Å². The van der Waals surface area contributed by atoms with Crippen LogP contribution in [0.4, 0.5) is 5.69 Å². The van der Waals surface area contributed by atoms with E-state index < -0.39 is 0 Å². The van der Waals surface area contributed by atoms with Crippen LogP contribution < -0.4 is 5.32 Å². The van der Waals surface area contributed by atoms with Crippen molar-refractivity contribution in [3.63, 3.8) is 0 Å². The second kappa shape index (κ2) is 6.19. The summed E-state index contributed by atoms with van der Waals surface area (Å²) in [6, 6.07) is 7.17. The van der Waals surface area contributed by atoms with E-state index in [9.17, 15) is 0 Å². The van der Waals surface area contributed by atoms with Gasteiger partial charge in [-0.05, 0) is 24.3 Å². The van der Waals surface area contributed by atoms with Crippen LogP contribution in [0, 0.1) is 0 Å². The van der Waals surface area contributed by atoms with Crippen molar-refractivity contribution in [1.29, 1.82) is 0 Å². The highest BCUT2D eigenvalue weighted by atomic mass is 35.5. The summed E-state index contributed by atoms with van der Waals surface area (Å²) in [6.07, 6.45) is 0. The van der Waals surface area contributed by atoms with E-state index in [0.29, 0.717) is 26.6 Å². The number of anilines is 1. The number of nitrogens with one attached hydrogen (secondary N) is 1. The van der Waals surface area contributed by atoms with Crippen LogP contribution in [0.3, 0.4) is 0 Å². The highest BCUT2D eigenvalue weighted by Gasteiger charge is 2.12. The molecule has 0 amide bonds. The molecule has 0 bridgehead atoms. The average molecular weight is 378 g/mol. The molecule has 0 radical (unpaired) electrons. The molecule has 1 heterocycles. The summed E-state index contributed by atoms with van der Waals surface area (Å²) in [4.78, 5) is 4.33. The lowest BCUT2D eigenvalue weighted by Gasteiger charge is -2.12. The second-order valence-corrected chi connectivity index (χ2v) is 6.78. The minimum atomic E-state index is 0.411. The van der Waals surface area contributed by atoms with Crippen molar-refractivity contribution in [1.82, 2.24) is 4.98 Å². The Hall–Kier alpha value is -0.710. The maximum Gasteiger partial charge on any atom is 0.106 e. The minimum Gasteiger partial charge on any atom is -0.378 e. The summed E-state index contributed by atoms with van der Waals surface area (Å²) in [5.74, 6) is 0. The van der Waals surface area contributed by atoms with E-state index in [0.717, 1.165) is 21.5 Å². The number of rotatable bonds is 3. The van der Waals surface area contributed by atoms with E-state index in [-0.39, 0.29) is 0 Å². The van der Waals surface area contributed by atoms with Crippen molar-refractivity contribution in [2.75, 3.05) is 5.32 Å². The summed E-state index contributed by atoms with van der Waals surface area (Å²) < 4.78 is 1.06. The Morgan fingerprint density at radius 3 is 2.48 bits per heavy atom. The third-order valence-corrected chi connectivity index (χ3v) is 5.34. The van der Waals surface area contributed by atoms with Gasteiger partial charge in [-0.15, -0.1) is 11.3 Å². The summed E-state index contributed by atoms with van der Waals surface area (Å²) in [5, 5.41) is 5.32. The molecule has 7 heteroatoms. The van der Waals surface area contributed by atoms with Gasteiger partial charge in [0.25, 0.3) is 0 Å². The predicted octanol–water partition coefficient (Wildman–Crippen LogP) is 6.52. The normalized spacial score (nSPS) is 11.0. The van der Waals surface area contributed by atoms with Crippen molar-refractivity contribution in [2.45, 2.75) is 6.54 Å². The Kier molecular flexibility index (Phi) is 4.48. The molecule has 2 aromatic carbocycles. The van der Waals surface area contributed by atoms with Crippen molar-refractivity contribution >= 4 is 73.6 Å². The maximum atomic E-state index is 6.25. The Morgan fingerprint density at radius 1 is 0.952 bits per heavy atom. The fourth-order valence-electron chi connectivity index (χ4n) is 1.98. The van der Waals surface area contributed by atoms with Crippen molar-refractivity contribution < 1.29 is 0 Å². The number of thiazole rings is 1. The van der Waals surface area contributed by atoms with E-state index in [1.165, 1.54) is 0 Å². The standard InChI is InChI=1S/C14H8Cl4N2S/c15-8-1-2-9(16)12(18)7(8)5-19-13-10(17)3-4-11-14(13)20-6-21-11/h1-4,6,19H,5H2. The molecular formula is C14H8Cl4N2S. The van der Waals surface area contributed by atoms with Crippen molar-refractivity contribution in [3.8, 4) is 0 Å². The van der Waals surface area contributed by atoms with Crippen LogP contribution >= 0.6 is 57.7 Å². The van der Waals surface area contributed by atoms with Crippen LogP contribution in [0.15, 0.2) is 29.8 Å². The third kappa shape index (κ3) is 2.94. The highest BCUT2D eigenvalue weighted by molar-refractivity contribution is 7.16. The molecule has 0 saturated carbocycles. The van der Waals surface area contributed by atoms with Gasteiger partial charge in [0.2, 0.25) is 0 Å². The molecule has 0 atom stereocenters. The lowest BCUT2D eigenvalue weighted by Crippen LogP contribution is -2.02. The molecule has 0 saturated heterocycles. The van der Waals surface area contributed by atoms with Crippen molar-refractivity contribution in [3.05, 3.63) is 55.4 Å². The fourth-order valence-corrected chi connectivity index (χ4v) is 3.57. The molecule has 0 fully saturated rings. The molecule has 0 unspecified atom stereocenters. The molecule has 1 aromatic heterocycles. The van der Waals surface area contributed by atoms with Gasteiger partial charge < -0.3 is 5.32 Å². The summed E-state index contributed by atoms with van der Waals surface area (Å²) >= 11 is 26.2. The first kappa shape index (κ1) is 15.2.